The molecule has 0 bridgehead atoms. The minimum Gasteiger partial charge on any atom is -0.335 e. The Hall–Kier alpha value is -0.500. The molecule has 0 aliphatic rings. The normalized spacial score (nSPS) is 9.69. The molecular weight excluding hydrogens is 184 g/mol. The lowest BCUT2D eigenvalue weighted by molar-refractivity contribution is 0.573. The summed E-state index contributed by atoms with van der Waals surface area (Å²) in [7, 11) is 0. The number of halogens is 1. The molecule has 1 aromatic heterocycles. The summed E-state index contributed by atoms with van der Waals surface area (Å²) in [6.07, 6.45) is 9.21. The van der Waals surface area contributed by atoms with Gasteiger partial charge in [-0.1, -0.05) is 26.2 Å². The summed E-state index contributed by atoms with van der Waals surface area (Å²) in [6, 6.07) is 0. The lowest BCUT2D eigenvalue weighted by atomic mass is 10.2. The first-order valence-electron chi connectivity index (χ1n) is 4.82. The molecule has 13 heavy (non-hydrogen) atoms. The van der Waals surface area contributed by atoms with Crippen LogP contribution >= 0.6 is 12.4 Å². The van der Waals surface area contributed by atoms with E-state index < -0.39 is 0 Å². The van der Waals surface area contributed by atoms with Crippen molar-refractivity contribution in [2.24, 2.45) is 0 Å². The zero-order chi connectivity index (χ0) is 8.81. The fraction of sp³-hybridized carbons (Fsp3) is 0.700. The van der Waals surface area contributed by atoms with Gasteiger partial charge in [-0.3, -0.25) is 0 Å². The van der Waals surface area contributed by atoms with Crippen LogP contribution in [0.4, 0.5) is 0 Å². The molecule has 1 rings (SSSR count). The third-order valence-corrected chi connectivity index (χ3v) is 2.18. The van der Waals surface area contributed by atoms with Crippen LogP contribution in [0.1, 0.15) is 38.4 Å². The largest absolute Gasteiger partial charge is 0.335 e. The van der Waals surface area contributed by atoms with Crippen molar-refractivity contribution < 1.29 is 0 Å². The number of unbranched alkanes of at least 4 members (excludes halogenated alkanes) is 3. The van der Waals surface area contributed by atoms with E-state index in [1.54, 1.807) is 0 Å². The minimum atomic E-state index is 0. The van der Waals surface area contributed by atoms with Crippen LogP contribution in [0, 0.1) is 6.92 Å². The van der Waals surface area contributed by atoms with Gasteiger partial charge in [0.25, 0.3) is 0 Å². The smallest absolute Gasteiger partial charge is 0.105 e. The van der Waals surface area contributed by atoms with Crippen molar-refractivity contribution in [1.82, 2.24) is 9.55 Å². The Kier molecular flexibility index (Phi) is 6.69. The number of nitrogens with zero attached hydrogens (tertiary/aromatic N) is 2. The predicted octanol–water partition coefficient (Wildman–Crippen LogP) is 3.19. The highest BCUT2D eigenvalue weighted by atomic mass is 35.5. The van der Waals surface area contributed by atoms with Crippen molar-refractivity contribution in [3.8, 4) is 0 Å². The maximum Gasteiger partial charge on any atom is 0.105 e. The second-order valence-corrected chi connectivity index (χ2v) is 3.23. The fourth-order valence-electron chi connectivity index (χ4n) is 1.35. The molecule has 0 saturated carbocycles. The van der Waals surface area contributed by atoms with Crippen LogP contribution in [0.2, 0.25) is 0 Å². The average Bonchev–Trinajstić information content (AvgIpc) is 2.46. The third kappa shape index (κ3) is 4.32. The third-order valence-electron chi connectivity index (χ3n) is 2.18. The van der Waals surface area contributed by atoms with E-state index in [0.717, 1.165) is 12.4 Å². The van der Waals surface area contributed by atoms with Crippen LogP contribution < -0.4 is 0 Å². The first-order chi connectivity index (χ1) is 5.84. The highest BCUT2D eigenvalue weighted by Gasteiger charge is 1.94. The Labute approximate surface area is 86.8 Å². The van der Waals surface area contributed by atoms with Gasteiger partial charge in [0, 0.05) is 18.9 Å². The quantitative estimate of drug-likeness (QED) is 0.671. The van der Waals surface area contributed by atoms with Crippen LogP contribution in [-0.2, 0) is 6.54 Å². The monoisotopic (exact) mass is 202 g/mol. The summed E-state index contributed by atoms with van der Waals surface area (Å²) >= 11 is 0. The zero-order valence-corrected chi connectivity index (χ0v) is 9.31. The SMILES string of the molecule is CCCCCCn1ccnc1C.Cl. The summed E-state index contributed by atoms with van der Waals surface area (Å²) in [5.74, 6) is 1.13. The molecule has 0 amide bonds. The van der Waals surface area contributed by atoms with Gasteiger partial charge in [0.2, 0.25) is 0 Å². The highest BCUT2D eigenvalue weighted by molar-refractivity contribution is 5.85. The standard InChI is InChI=1S/C10H18N2.ClH/c1-3-4-5-6-8-12-9-7-11-10(12)2;/h7,9H,3-6,8H2,1-2H3;1H. The van der Waals surface area contributed by atoms with Crippen molar-refractivity contribution in [3.05, 3.63) is 18.2 Å². The Morgan fingerprint density at radius 2 is 2.08 bits per heavy atom. The van der Waals surface area contributed by atoms with Gasteiger partial charge in [0.15, 0.2) is 0 Å². The van der Waals surface area contributed by atoms with Gasteiger partial charge in [0.05, 0.1) is 0 Å². The summed E-state index contributed by atoms with van der Waals surface area (Å²) in [5, 5.41) is 0. The molecule has 0 aliphatic carbocycles. The second kappa shape index (κ2) is 6.96. The van der Waals surface area contributed by atoms with E-state index >= 15 is 0 Å². The Balaban J connectivity index is 0.00000144. The molecule has 0 N–H and O–H groups in total. The first-order valence-corrected chi connectivity index (χ1v) is 4.82. The molecule has 0 saturated heterocycles. The number of aryl methyl sites for hydroxylation is 2. The molecule has 76 valence electrons. The van der Waals surface area contributed by atoms with E-state index in [4.69, 9.17) is 0 Å². The van der Waals surface area contributed by atoms with Crippen molar-refractivity contribution in [2.75, 3.05) is 0 Å². The molecule has 3 heteroatoms. The van der Waals surface area contributed by atoms with E-state index in [0.29, 0.717) is 0 Å². The maximum absolute atomic E-state index is 4.18. The van der Waals surface area contributed by atoms with Crippen molar-refractivity contribution in [2.45, 2.75) is 46.1 Å². The Morgan fingerprint density at radius 3 is 2.62 bits per heavy atom. The minimum absolute atomic E-state index is 0. The van der Waals surface area contributed by atoms with Gasteiger partial charge >= 0.3 is 0 Å². The number of aromatic nitrogens is 2. The molecule has 0 spiro atoms. The van der Waals surface area contributed by atoms with Crippen LogP contribution in [-0.4, -0.2) is 9.55 Å². The Bertz CT molecular complexity index is 220. The highest BCUT2D eigenvalue weighted by Crippen LogP contribution is 2.03. The summed E-state index contributed by atoms with van der Waals surface area (Å²) in [6.45, 7) is 5.42. The lowest BCUT2D eigenvalue weighted by Crippen LogP contribution is -1.98. The summed E-state index contributed by atoms with van der Waals surface area (Å²) in [4.78, 5) is 4.18. The van der Waals surface area contributed by atoms with Crippen molar-refractivity contribution in [1.29, 1.82) is 0 Å². The molecular formula is C10H19ClN2. The maximum atomic E-state index is 4.18. The molecule has 0 fully saturated rings. The van der Waals surface area contributed by atoms with E-state index in [1.807, 2.05) is 6.20 Å². The van der Waals surface area contributed by atoms with Gasteiger partial charge in [-0.15, -0.1) is 12.4 Å². The molecule has 2 nitrogen and oxygen atoms in total. The molecule has 1 heterocycles. The fourth-order valence-corrected chi connectivity index (χ4v) is 1.35. The van der Waals surface area contributed by atoms with Gasteiger partial charge in [0.1, 0.15) is 5.82 Å². The molecule has 1 aromatic rings. The Morgan fingerprint density at radius 1 is 1.31 bits per heavy atom. The number of imidazole rings is 1. The van der Waals surface area contributed by atoms with Crippen LogP contribution in [0.15, 0.2) is 12.4 Å². The number of hydrogen-bond acceptors (Lipinski definition) is 1. The molecule has 0 unspecified atom stereocenters. The molecule has 0 aromatic carbocycles. The van der Waals surface area contributed by atoms with Crippen molar-refractivity contribution >= 4 is 12.4 Å². The van der Waals surface area contributed by atoms with Crippen LogP contribution in [0.3, 0.4) is 0 Å². The zero-order valence-electron chi connectivity index (χ0n) is 8.49. The van der Waals surface area contributed by atoms with E-state index in [9.17, 15) is 0 Å². The summed E-state index contributed by atoms with van der Waals surface area (Å²) < 4.78 is 2.22. The lowest BCUT2D eigenvalue weighted by Gasteiger charge is -2.03. The van der Waals surface area contributed by atoms with E-state index in [2.05, 4.69) is 29.6 Å². The van der Waals surface area contributed by atoms with Gasteiger partial charge in [-0.05, 0) is 13.3 Å². The van der Waals surface area contributed by atoms with Gasteiger partial charge in [-0.2, -0.15) is 0 Å². The van der Waals surface area contributed by atoms with E-state index in [1.165, 1.54) is 25.7 Å². The van der Waals surface area contributed by atoms with Gasteiger partial charge < -0.3 is 4.57 Å². The van der Waals surface area contributed by atoms with Crippen LogP contribution in [0.25, 0.3) is 0 Å². The first kappa shape index (κ1) is 12.5. The van der Waals surface area contributed by atoms with E-state index in [-0.39, 0.29) is 12.4 Å². The number of rotatable bonds is 5. The topological polar surface area (TPSA) is 17.8 Å². The molecule has 0 radical (unpaired) electrons. The predicted molar refractivity (Wildman–Crippen MR) is 58.4 cm³/mol. The molecule has 0 atom stereocenters. The number of hydrogen-bond donors (Lipinski definition) is 0. The van der Waals surface area contributed by atoms with Crippen LogP contribution in [0.5, 0.6) is 0 Å². The average molecular weight is 203 g/mol. The van der Waals surface area contributed by atoms with Crippen molar-refractivity contribution in [3.63, 3.8) is 0 Å². The summed E-state index contributed by atoms with van der Waals surface area (Å²) in [5.41, 5.74) is 0. The second-order valence-electron chi connectivity index (χ2n) is 3.23. The molecule has 0 aliphatic heterocycles. The van der Waals surface area contributed by atoms with Gasteiger partial charge in [-0.25, -0.2) is 4.98 Å².